The van der Waals surface area contributed by atoms with E-state index in [0.29, 0.717) is 0 Å². The molecular weight excluding hydrogens is 160 g/mol. The van der Waals surface area contributed by atoms with E-state index >= 15 is 0 Å². The van der Waals surface area contributed by atoms with E-state index < -0.39 is 0 Å². The molecule has 0 fully saturated rings. The highest BCUT2D eigenvalue weighted by atomic mass is 16.3. The molecule has 0 radical (unpaired) electrons. The predicted octanol–water partition coefficient (Wildman–Crippen LogP) is 3.73. The van der Waals surface area contributed by atoms with E-state index in [9.17, 15) is 0 Å². The van der Waals surface area contributed by atoms with Crippen LogP contribution in [0.25, 0.3) is 11.3 Å². The number of fused-ring (bicyclic) bond motifs is 1. The summed E-state index contributed by atoms with van der Waals surface area (Å²) in [6.45, 7) is 2.22. The van der Waals surface area contributed by atoms with Crippen molar-refractivity contribution in [3.05, 3.63) is 36.1 Å². The molecular formula is C12H14O. The predicted molar refractivity (Wildman–Crippen MR) is 53.9 cm³/mol. The lowest BCUT2D eigenvalue weighted by Crippen LogP contribution is -1.77. The van der Waals surface area contributed by atoms with Crippen molar-refractivity contribution in [1.82, 2.24) is 0 Å². The summed E-state index contributed by atoms with van der Waals surface area (Å²) in [4.78, 5) is 0. The number of unbranched alkanes of at least 4 members (excludes halogenated alkanes) is 1. The third-order valence-electron chi connectivity index (χ3n) is 2.31. The van der Waals surface area contributed by atoms with Crippen molar-refractivity contribution in [2.75, 3.05) is 0 Å². The van der Waals surface area contributed by atoms with Gasteiger partial charge in [0.25, 0.3) is 0 Å². The number of hydrogen-bond acceptors (Lipinski definition) is 1. The van der Waals surface area contributed by atoms with Crippen molar-refractivity contribution < 1.29 is 4.42 Å². The molecule has 0 unspecified atom stereocenters. The minimum Gasteiger partial charge on any atom is -0.464 e. The monoisotopic (exact) mass is 174 g/mol. The lowest BCUT2D eigenvalue weighted by Gasteiger charge is -1.92. The summed E-state index contributed by atoms with van der Waals surface area (Å²) in [7, 11) is 0. The summed E-state index contributed by atoms with van der Waals surface area (Å²) in [5, 5.41) is 0. The fourth-order valence-corrected chi connectivity index (χ4v) is 1.58. The van der Waals surface area contributed by atoms with Crippen LogP contribution in [0.2, 0.25) is 0 Å². The Morgan fingerprint density at radius 1 is 1.31 bits per heavy atom. The van der Waals surface area contributed by atoms with Crippen LogP contribution in [0.4, 0.5) is 0 Å². The Hall–Kier alpha value is -1.24. The van der Waals surface area contributed by atoms with Crippen LogP contribution < -0.4 is 0 Å². The first kappa shape index (κ1) is 8.36. The van der Waals surface area contributed by atoms with Gasteiger partial charge in [-0.2, -0.15) is 0 Å². The number of aryl methyl sites for hydroxylation is 1. The summed E-state index contributed by atoms with van der Waals surface area (Å²) in [6.07, 6.45) is 5.40. The molecule has 0 aromatic rings. The van der Waals surface area contributed by atoms with Crippen LogP contribution in [-0.4, -0.2) is 0 Å². The molecule has 1 aliphatic carbocycles. The van der Waals surface area contributed by atoms with E-state index in [1.807, 2.05) is 6.07 Å². The van der Waals surface area contributed by atoms with E-state index in [0.717, 1.165) is 5.76 Å². The van der Waals surface area contributed by atoms with Crippen LogP contribution in [0.1, 0.15) is 25.3 Å². The number of rotatable bonds is 3. The molecule has 2 rings (SSSR count). The fraction of sp³-hybridized carbons (Fsp3) is 0.333. The molecule has 0 saturated heterocycles. The van der Waals surface area contributed by atoms with Crippen LogP contribution in [-0.2, 0) is 6.42 Å². The Labute approximate surface area is 78.7 Å². The average Bonchev–Trinajstić information content (AvgIpc) is 2.57. The zero-order valence-electron chi connectivity index (χ0n) is 7.92. The van der Waals surface area contributed by atoms with Gasteiger partial charge in [0.2, 0.25) is 0 Å². The Morgan fingerprint density at radius 2 is 2.23 bits per heavy atom. The van der Waals surface area contributed by atoms with Gasteiger partial charge in [0.05, 0.1) is 6.26 Å². The molecule has 0 saturated carbocycles. The molecule has 2 aliphatic rings. The van der Waals surface area contributed by atoms with Gasteiger partial charge >= 0.3 is 0 Å². The molecule has 68 valence electrons. The van der Waals surface area contributed by atoms with Gasteiger partial charge < -0.3 is 4.42 Å². The molecule has 0 spiro atoms. The van der Waals surface area contributed by atoms with Crippen molar-refractivity contribution in [2.45, 2.75) is 26.2 Å². The van der Waals surface area contributed by atoms with Gasteiger partial charge in [0, 0.05) is 5.56 Å². The average molecular weight is 174 g/mol. The second kappa shape index (κ2) is 3.65. The minimum atomic E-state index is 1.01. The molecule has 1 aliphatic heterocycles. The third kappa shape index (κ3) is 1.74. The highest BCUT2D eigenvalue weighted by Crippen LogP contribution is 2.26. The highest BCUT2D eigenvalue weighted by molar-refractivity contribution is 5.62. The van der Waals surface area contributed by atoms with Crippen LogP contribution in [0.5, 0.6) is 0 Å². The second-order valence-electron chi connectivity index (χ2n) is 3.40. The normalized spacial score (nSPS) is 10.8. The minimum absolute atomic E-state index is 1.01. The van der Waals surface area contributed by atoms with E-state index in [2.05, 4.69) is 25.1 Å². The molecule has 0 N–H and O–H groups in total. The van der Waals surface area contributed by atoms with Crippen LogP contribution in [0.15, 0.2) is 34.9 Å². The third-order valence-corrected chi connectivity index (χ3v) is 2.31. The van der Waals surface area contributed by atoms with Gasteiger partial charge in [-0.05, 0) is 42.7 Å². The maximum atomic E-state index is 5.37. The van der Waals surface area contributed by atoms with Crippen molar-refractivity contribution in [3.63, 3.8) is 0 Å². The van der Waals surface area contributed by atoms with Gasteiger partial charge in [-0.1, -0.05) is 13.3 Å². The van der Waals surface area contributed by atoms with Crippen molar-refractivity contribution >= 4 is 0 Å². The van der Waals surface area contributed by atoms with Gasteiger partial charge in [-0.3, -0.25) is 0 Å². The molecule has 1 nitrogen and oxygen atoms in total. The quantitative estimate of drug-likeness (QED) is 0.691. The first-order valence-corrected chi connectivity index (χ1v) is 4.86. The van der Waals surface area contributed by atoms with E-state index in [1.54, 1.807) is 6.26 Å². The smallest absolute Gasteiger partial charge is 0.134 e. The van der Waals surface area contributed by atoms with E-state index in [4.69, 9.17) is 4.42 Å². The second-order valence-corrected chi connectivity index (χ2v) is 3.40. The van der Waals surface area contributed by atoms with Gasteiger partial charge in [-0.25, -0.2) is 0 Å². The Balaban J connectivity index is 2.24. The fourth-order valence-electron chi connectivity index (χ4n) is 1.58. The summed E-state index contributed by atoms with van der Waals surface area (Å²) in [5.74, 6) is 1.01. The standard InChI is InChI=1S/C12H14O/c1-2-3-5-10-8-11-6-4-7-13-12(11)9-10/h4,6-9H,2-3,5H2,1H3. The lowest BCUT2D eigenvalue weighted by molar-refractivity contribution is 0.567. The summed E-state index contributed by atoms with van der Waals surface area (Å²) >= 11 is 0. The van der Waals surface area contributed by atoms with Crippen LogP contribution in [0.3, 0.4) is 0 Å². The number of hydrogen-bond donors (Lipinski definition) is 0. The van der Waals surface area contributed by atoms with E-state index in [1.165, 1.54) is 30.4 Å². The zero-order chi connectivity index (χ0) is 9.10. The highest BCUT2D eigenvalue weighted by Gasteiger charge is 2.06. The van der Waals surface area contributed by atoms with Gasteiger partial charge in [0.1, 0.15) is 5.76 Å². The SMILES string of the molecule is CCCCc1cc2cccoc-2c1. The molecule has 0 amide bonds. The van der Waals surface area contributed by atoms with Gasteiger partial charge in [0.15, 0.2) is 0 Å². The Morgan fingerprint density at radius 3 is 3.00 bits per heavy atom. The first-order valence-electron chi connectivity index (χ1n) is 4.86. The molecule has 0 bridgehead atoms. The van der Waals surface area contributed by atoms with Gasteiger partial charge in [-0.15, -0.1) is 0 Å². The van der Waals surface area contributed by atoms with Crippen molar-refractivity contribution in [2.24, 2.45) is 0 Å². The van der Waals surface area contributed by atoms with E-state index in [-0.39, 0.29) is 0 Å². The zero-order valence-corrected chi connectivity index (χ0v) is 7.92. The Kier molecular flexibility index (Phi) is 2.35. The molecule has 0 atom stereocenters. The molecule has 0 aromatic heterocycles. The summed E-state index contributed by atoms with van der Waals surface area (Å²) in [5.41, 5.74) is 2.61. The van der Waals surface area contributed by atoms with Crippen LogP contribution >= 0.6 is 0 Å². The summed E-state index contributed by atoms with van der Waals surface area (Å²) < 4.78 is 5.37. The lowest BCUT2D eigenvalue weighted by atomic mass is 10.1. The molecule has 1 heteroatoms. The van der Waals surface area contributed by atoms with Crippen molar-refractivity contribution in [1.29, 1.82) is 0 Å². The maximum absolute atomic E-state index is 5.37. The molecule has 13 heavy (non-hydrogen) atoms. The largest absolute Gasteiger partial charge is 0.464 e. The summed E-state index contributed by atoms with van der Waals surface area (Å²) in [6, 6.07) is 8.39. The molecule has 1 heterocycles. The molecule has 0 aromatic carbocycles. The van der Waals surface area contributed by atoms with Crippen molar-refractivity contribution in [3.8, 4) is 11.3 Å². The Bertz CT molecular complexity index is 318. The maximum Gasteiger partial charge on any atom is 0.134 e. The topological polar surface area (TPSA) is 13.1 Å². The van der Waals surface area contributed by atoms with Crippen LogP contribution in [0, 0.1) is 0 Å². The first-order chi connectivity index (χ1) is 6.40.